The molecule has 2 heteroatoms. The van der Waals surface area contributed by atoms with Crippen molar-refractivity contribution in [3.8, 4) is 12.3 Å². The third kappa shape index (κ3) is 1.29. The Hall–Kier alpha value is -1.88. The molecule has 0 unspecified atom stereocenters. The number of hydrogen-bond acceptors (Lipinski definition) is 2. The average molecular weight is 290 g/mol. The number of rotatable bonds is 2. The smallest absolute Gasteiger partial charge is 0.117 e. The molecule has 0 radical (unpaired) electrons. The number of azo groups is 1. The molecule has 2 nitrogen and oxygen atoms in total. The maximum Gasteiger partial charge on any atom is 0.117 e. The summed E-state index contributed by atoms with van der Waals surface area (Å²) >= 11 is 0. The van der Waals surface area contributed by atoms with Crippen LogP contribution >= 0.6 is 0 Å². The van der Waals surface area contributed by atoms with Gasteiger partial charge in [-0.15, -0.1) is 6.42 Å². The van der Waals surface area contributed by atoms with Crippen LogP contribution in [-0.4, -0.2) is 5.54 Å². The lowest BCUT2D eigenvalue weighted by Crippen LogP contribution is -2.45. The second-order valence-corrected chi connectivity index (χ2v) is 7.43. The summed E-state index contributed by atoms with van der Waals surface area (Å²) in [6.07, 6.45) is 13.2. The van der Waals surface area contributed by atoms with Crippen LogP contribution in [0.15, 0.2) is 52.7 Å². The molecule has 1 heterocycles. The van der Waals surface area contributed by atoms with Gasteiger partial charge < -0.3 is 0 Å². The van der Waals surface area contributed by atoms with Crippen molar-refractivity contribution in [2.75, 3.05) is 0 Å². The van der Waals surface area contributed by atoms with Gasteiger partial charge in [-0.25, -0.2) is 0 Å². The summed E-state index contributed by atoms with van der Waals surface area (Å²) < 4.78 is 0. The second kappa shape index (κ2) is 4.32. The molecule has 2 saturated carbocycles. The Bertz CT molecular complexity index is 694. The molecule has 0 aromatic heterocycles. The van der Waals surface area contributed by atoms with Gasteiger partial charge in [0.25, 0.3) is 0 Å². The van der Waals surface area contributed by atoms with E-state index in [0.717, 1.165) is 0 Å². The van der Waals surface area contributed by atoms with Gasteiger partial charge in [0.15, 0.2) is 0 Å². The number of benzene rings is 1. The molecule has 1 aromatic rings. The molecule has 112 valence electrons. The lowest BCUT2D eigenvalue weighted by molar-refractivity contribution is 0.164. The summed E-state index contributed by atoms with van der Waals surface area (Å²) in [4.78, 5) is 0. The summed E-state index contributed by atoms with van der Waals surface area (Å²) in [5.41, 5.74) is 0.823. The predicted molar refractivity (Wildman–Crippen MR) is 88.3 cm³/mol. The van der Waals surface area contributed by atoms with Crippen LogP contribution in [0.25, 0.3) is 0 Å². The molecule has 4 atom stereocenters. The van der Waals surface area contributed by atoms with Gasteiger partial charge >= 0.3 is 0 Å². The Morgan fingerprint density at radius 2 is 1.86 bits per heavy atom. The van der Waals surface area contributed by atoms with E-state index < -0.39 is 0 Å². The molecule has 3 aliphatic rings. The number of nitrogens with zero attached hydrogens (tertiary/aromatic N) is 2. The molecular weight excluding hydrogens is 268 g/mol. The lowest BCUT2D eigenvalue weighted by atomic mass is 9.63. The first-order valence-corrected chi connectivity index (χ1v) is 8.23. The highest BCUT2D eigenvalue weighted by Crippen LogP contribution is 2.74. The van der Waals surface area contributed by atoms with E-state index in [0.29, 0.717) is 11.8 Å². The van der Waals surface area contributed by atoms with E-state index in [-0.39, 0.29) is 16.5 Å². The molecule has 0 spiro atoms. The summed E-state index contributed by atoms with van der Waals surface area (Å²) in [6, 6.07) is 10.8. The minimum atomic E-state index is -0.240. The fraction of sp³-hybridized carbons (Fsp3) is 0.500. The largest absolute Gasteiger partial charge is 0.181 e. The van der Waals surface area contributed by atoms with Crippen LogP contribution in [0.3, 0.4) is 0 Å². The van der Waals surface area contributed by atoms with E-state index in [9.17, 15) is 0 Å². The molecule has 2 aliphatic carbocycles. The van der Waals surface area contributed by atoms with Gasteiger partial charge in [0.1, 0.15) is 11.1 Å². The Kier molecular flexibility index (Phi) is 2.70. The zero-order valence-corrected chi connectivity index (χ0v) is 13.3. The minimum absolute atomic E-state index is 0.0511. The Balaban J connectivity index is 1.96. The normalized spacial score (nSPS) is 41.0. The van der Waals surface area contributed by atoms with Crippen LogP contribution in [0, 0.1) is 29.6 Å². The summed E-state index contributed by atoms with van der Waals surface area (Å²) in [6.45, 7) is 4.67. The van der Waals surface area contributed by atoms with Crippen molar-refractivity contribution in [1.82, 2.24) is 0 Å². The number of allylic oxidation sites excluding steroid dienone is 1. The summed E-state index contributed by atoms with van der Waals surface area (Å²) in [5, 5.41) is 9.79. The van der Waals surface area contributed by atoms with Crippen molar-refractivity contribution >= 4 is 0 Å². The quantitative estimate of drug-likeness (QED) is 0.703. The number of terminal acetylenes is 1. The van der Waals surface area contributed by atoms with Crippen LogP contribution in [0.1, 0.15) is 38.7 Å². The number of hydrogen-bond donors (Lipinski definition) is 0. The monoisotopic (exact) mass is 290 g/mol. The molecule has 22 heavy (non-hydrogen) atoms. The fourth-order valence-corrected chi connectivity index (χ4v) is 5.64. The molecule has 4 rings (SSSR count). The zero-order valence-electron chi connectivity index (χ0n) is 13.3. The lowest BCUT2D eigenvalue weighted by Gasteiger charge is -2.40. The Labute approximate surface area is 132 Å². The molecule has 0 N–H and O–H groups in total. The standard InChI is InChI=1S/C20H22N2/c1-4-5-14-19-16-12-9-13-17(16)20(22-21-19,18(19,2)3)15-10-7-6-8-11-15/h1,5-8,10-11,14,16-17H,9,12-13H2,2-3H3/b14-5+/t16-,17+,19-,20+/m1/s1. The second-order valence-electron chi connectivity index (χ2n) is 7.43. The van der Waals surface area contributed by atoms with E-state index in [2.05, 4.69) is 56.2 Å². The first-order valence-electron chi connectivity index (χ1n) is 8.23. The van der Waals surface area contributed by atoms with Gasteiger partial charge in [0.2, 0.25) is 0 Å². The van der Waals surface area contributed by atoms with Crippen LogP contribution in [-0.2, 0) is 5.54 Å². The van der Waals surface area contributed by atoms with Gasteiger partial charge in [0.05, 0.1) is 0 Å². The molecular formula is C20H22N2. The van der Waals surface area contributed by atoms with Crippen molar-refractivity contribution in [2.45, 2.75) is 44.2 Å². The molecule has 2 fully saturated rings. The first-order chi connectivity index (χ1) is 10.6. The van der Waals surface area contributed by atoms with Crippen molar-refractivity contribution in [2.24, 2.45) is 27.5 Å². The summed E-state index contributed by atoms with van der Waals surface area (Å²) in [5.74, 6) is 3.79. The van der Waals surface area contributed by atoms with Gasteiger partial charge in [0, 0.05) is 5.41 Å². The SMILES string of the molecule is C#C/C=C/[C@@]12N=N[C@@](c3ccccc3)([C@H]3CCC[C@H]31)C2(C)C. The van der Waals surface area contributed by atoms with Gasteiger partial charge in [-0.05, 0) is 42.4 Å². The highest BCUT2D eigenvalue weighted by molar-refractivity contribution is 5.43. The van der Waals surface area contributed by atoms with Crippen molar-refractivity contribution < 1.29 is 0 Å². The predicted octanol–water partition coefficient (Wildman–Crippen LogP) is 4.73. The average Bonchev–Trinajstić information content (AvgIpc) is 3.14. The highest BCUT2D eigenvalue weighted by Gasteiger charge is 2.76. The molecule has 0 saturated heterocycles. The third-order valence-electron chi connectivity index (χ3n) is 6.59. The van der Waals surface area contributed by atoms with Gasteiger partial charge in [-0.2, -0.15) is 10.2 Å². The van der Waals surface area contributed by atoms with E-state index in [1.165, 1.54) is 24.8 Å². The van der Waals surface area contributed by atoms with E-state index in [4.69, 9.17) is 16.7 Å². The van der Waals surface area contributed by atoms with Crippen LogP contribution in [0.4, 0.5) is 0 Å². The van der Waals surface area contributed by atoms with Crippen LogP contribution in [0.5, 0.6) is 0 Å². The third-order valence-corrected chi connectivity index (χ3v) is 6.59. The summed E-state index contributed by atoms with van der Waals surface area (Å²) in [7, 11) is 0. The topological polar surface area (TPSA) is 24.7 Å². The minimum Gasteiger partial charge on any atom is -0.181 e. The maximum atomic E-state index is 5.49. The molecule has 1 aromatic carbocycles. The van der Waals surface area contributed by atoms with Crippen molar-refractivity contribution in [3.63, 3.8) is 0 Å². The van der Waals surface area contributed by atoms with Gasteiger partial charge in [-0.3, -0.25) is 0 Å². The maximum absolute atomic E-state index is 5.49. The van der Waals surface area contributed by atoms with Crippen molar-refractivity contribution in [1.29, 1.82) is 0 Å². The van der Waals surface area contributed by atoms with E-state index >= 15 is 0 Å². The number of fused-ring (bicyclic) bond motifs is 5. The highest BCUT2D eigenvalue weighted by atomic mass is 15.3. The Morgan fingerprint density at radius 3 is 2.59 bits per heavy atom. The van der Waals surface area contributed by atoms with E-state index in [1.807, 2.05) is 6.08 Å². The van der Waals surface area contributed by atoms with Gasteiger partial charge in [-0.1, -0.05) is 56.5 Å². The molecule has 1 aliphatic heterocycles. The molecule has 2 bridgehead atoms. The Morgan fingerprint density at radius 1 is 1.14 bits per heavy atom. The zero-order chi connectivity index (χ0) is 15.4. The molecule has 0 amide bonds. The van der Waals surface area contributed by atoms with Crippen LogP contribution < -0.4 is 0 Å². The van der Waals surface area contributed by atoms with Crippen LogP contribution in [0.2, 0.25) is 0 Å². The fourth-order valence-electron chi connectivity index (χ4n) is 5.64. The first kappa shape index (κ1) is 13.8. The van der Waals surface area contributed by atoms with E-state index in [1.54, 1.807) is 0 Å². The van der Waals surface area contributed by atoms with Crippen molar-refractivity contribution in [3.05, 3.63) is 48.0 Å².